The van der Waals surface area contributed by atoms with Crippen molar-refractivity contribution in [1.29, 1.82) is 0 Å². The van der Waals surface area contributed by atoms with Crippen molar-refractivity contribution in [3.8, 4) is 0 Å². The molecule has 1 aliphatic heterocycles. The molecule has 1 amide bonds. The van der Waals surface area contributed by atoms with E-state index in [0.717, 1.165) is 4.90 Å². The fourth-order valence-electron chi connectivity index (χ4n) is 2.54. The van der Waals surface area contributed by atoms with Crippen LogP contribution in [0.15, 0.2) is 0 Å². The van der Waals surface area contributed by atoms with Crippen LogP contribution in [0.1, 0.15) is 6.42 Å². The van der Waals surface area contributed by atoms with Crippen LogP contribution in [0.25, 0.3) is 0 Å². The van der Waals surface area contributed by atoms with Gasteiger partial charge in [-0.1, -0.05) is 0 Å². The summed E-state index contributed by atoms with van der Waals surface area (Å²) in [5.74, 6) is -3.80. The number of aliphatic carboxylic acids is 1. The van der Waals surface area contributed by atoms with Gasteiger partial charge in [-0.15, -0.1) is 0 Å². The van der Waals surface area contributed by atoms with Gasteiger partial charge in [0.2, 0.25) is 0 Å². The van der Waals surface area contributed by atoms with Gasteiger partial charge in [0, 0.05) is 13.1 Å². The van der Waals surface area contributed by atoms with Gasteiger partial charge in [-0.05, 0) is 18.3 Å². The minimum atomic E-state index is -4.86. The summed E-state index contributed by atoms with van der Waals surface area (Å²) < 4.78 is 36.4. The lowest BCUT2D eigenvalue weighted by molar-refractivity contribution is -0.184. The SMILES string of the molecule is O=C(O)[C@H]1C[C@H]2CN(C(=O)C(F)(F)F)C[C@H]21. The van der Waals surface area contributed by atoms with Crippen molar-refractivity contribution in [3.63, 3.8) is 0 Å². The van der Waals surface area contributed by atoms with Gasteiger partial charge in [-0.3, -0.25) is 9.59 Å². The summed E-state index contributed by atoms with van der Waals surface area (Å²) in [6, 6.07) is 0. The summed E-state index contributed by atoms with van der Waals surface area (Å²) in [6.07, 6.45) is -4.48. The first-order valence-electron chi connectivity index (χ1n) is 4.89. The maximum absolute atomic E-state index is 12.1. The number of hydrogen-bond acceptors (Lipinski definition) is 2. The van der Waals surface area contributed by atoms with Gasteiger partial charge in [0.1, 0.15) is 0 Å². The third-order valence-electron chi connectivity index (χ3n) is 3.41. The molecule has 0 aromatic carbocycles. The number of alkyl halides is 3. The van der Waals surface area contributed by atoms with E-state index in [0.29, 0.717) is 6.42 Å². The fourth-order valence-corrected chi connectivity index (χ4v) is 2.54. The minimum absolute atomic E-state index is 0.0345. The topological polar surface area (TPSA) is 57.6 Å². The quantitative estimate of drug-likeness (QED) is 0.731. The largest absolute Gasteiger partial charge is 0.481 e. The van der Waals surface area contributed by atoms with Crippen molar-refractivity contribution < 1.29 is 27.9 Å². The first kappa shape index (κ1) is 11.2. The number of halogens is 3. The summed E-state index contributed by atoms with van der Waals surface area (Å²) in [4.78, 5) is 22.3. The highest BCUT2D eigenvalue weighted by Gasteiger charge is 2.54. The van der Waals surface area contributed by atoms with Gasteiger partial charge in [-0.25, -0.2) is 0 Å². The summed E-state index contributed by atoms with van der Waals surface area (Å²) in [7, 11) is 0. The second-order valence-corrected chi connectivity index (χ2v) is 4.31. The van der Waals surface area contributed by atoms with Crippen molar-refractivity contribution in [2.45, 2.75) is 12.6 Å². The van der Waals surface area contributed by atoms with E-state index in [1.165, 1.54) is 0 Å². The third kappa shape index (κ3) is 1.64. The number of nitrogens with zero attached hydrogens (tertiary/aromatic N) is 1. The molecule has 2 aliphatic rings. The molecule has 3 atom stereocenters. The number of carboxylic acid groups (broad SMARTS) is 1. The molecule has 1 saturated heterocycles. The Morgan fingerprint density at radius 2 is 1.88 bits per heavy atom. The second kappa shape index (κ2) is 3.36. The molecule has 1 N–H and O–H groups in total. The zero-order valence-electron chi connectivity index (χ0n) is 8.20. The molecule has 1 heterocycles. The summed E-state index contributed by atoms with van der Waals surface area (Å²) in [5, 5.41) is 8.74. The number of rotatable bonds is 1. The lowest BCUT2D eigenvalue weighted by Crippen LogP contribution is -2.41. The Balaban J connectivity index is 2.00. The van der Waals surface area contributed by atoms with E-state index in [2.05, 4.69) is 0 Å². The number of hydrogen-bond donors (Lipinski definition) is 1. The van der Waals surface area contributed by atoms with E-state index in [9.17, 15) is 22.8 Å². The number of amides is 1. The number of carbonyl (C=O) groups is 2. The zero-order valence-corrected chi connectivity index (χ0v) is 8.20. The molecular formula is C9H10F3NO3. The van der Waals surface area contributed by atoms with Gasteiger partial charge in [0.25, 0.3) is 0 Å². The van der Waals surface area contributed by atoms with Gasteiger partial charge in [0.05, 0.1) is 5.92 Å². The van der Waals surface area contributed by atoms with Crippen LogP contribution in [0.2, 0.25) is 0 Å². The highest BCUT2D eigenvalue weighted by Crippen LogP contribution is 2.46. The molecule has 0 aromatic rings. The monoisotopic (exact) mass is 237 g/mol. The van der Waals surface area contributed by atoms with Crippen molar-refractivity contribution >= 4 is 11.9 Å². The molecule has 2 fully saturated rings. The molecule has 0 bridgehead atoms. The summed E-state index contributed by atoms with van der Waals surface area (Å²) in [6.45, 7) is -0.0488. The van der Waals surface area contributed by atoms with Crippen LogP contribution in [0.4, 0.5) is 13.2 Å². The minimum Gasteiger partial charge on any atom is -0.481 e. The fraction of sp³-hybridized carbons (Fsp3) is 0.778. The normalized spacial score (nSPS) is 33.2. The highest BCUT2D eigenvalue weighted by atomic mass is 19.4. The zero-order chi connectivity index (χ0) is 12.1. The molecular weight excluding hydrogens is 227 g/mol. The van der Waals surface area contributed by atoms with Crippen LogP contribution >= 0.6 is 0 Å². The second-order valence-electron chi connectivity index (χ2n) is 4.31. The summed E-state index contributed by atoms with van der Waals surface area (Å²) in [5.41, 5.74) is 0. The van der Waals surface area contributed by atoms with E-state index in [4.69, 9.17) is 5.11 Å². The number of fused-ring (bicyclic) bond motifs is 1. The Morgan fingerprint density at radius 3 is 2.38 bits per heavy atom. The first-order valence-corrected chi connectivity index (χ1v) is 4.89. The molecule has 1 aliphatic carbocycles. The van der Waals surface area contributed by atoms with Crippen LogP contribution < -0.4 is 0 Å². The average molecular weight is 237 g/mol. The van der Waals surface area contributed by atoms with Crippen LogP contribution in [-0.4, -0.2) is 41.1 Å². The van der Waals surface area contributed by atoms with Gasteiger partial charge < -0.3 is 10.0 Å². The van der Waals surface area contributed by atoms with Crippen LogP contribution in [-0.2, 0) is 9.59 Å². The Hall–Kier alpha value is -1.27. The maximum Gasteiger partial charge on any atom is 0.471 e. The molecule has 7 heteroatoms. The highest BCUT2D eigenvalue weighted by molar-refractivity contribution is 5.82. The van der Waals surface area contributed by atoms with E-state index >= 15 is 0 Å². The lowest BCUT2D eigenvalue weighted by Gasteiger charge is -2.35. The molecule has 0 aromatic heterocycles. The average Bonchev–Trinajstić information content (AvgIpc) is 2.41. The Kier molecular flexibility index (Phi) is 2.36. The van der Waals surface area contributed by atoms with Gasteiger partial charge >= 0.3 is 18.1 Å². The number of carboxylic acids is 1. The van der Waals surface area contributed by atoms with Crippen molar-refractivity contribution in [3.05, 3.63) is 0 Å². The van der Waals surface area contributed by atoms with E-state index < -0.39 is 24.0 Å². The molecule has 4 nitrogen and oxygen atoms in total. The van der Waals surface area contributed by atoms with Crippen molar-refractivity contribution in [2.24, 2.45) is 17.8 Å². The number of likely N-dealkylation sites (tertiary alicyclic amines) is 1. The lowest BCUT2D eigenvalue weighted by atomic mass is 9.67. The first-order chi connectivity index (χ1) is 7.30. The molecule has 1 saturated carbocycles. The maximum atomic E-state index is 12.1. The van der Waals surface area contributed by atoms with Crippen LogP contribution in [0.5, 0.6) is 0 Å². The van der Waals surface area contributed by atoms with Crippen molar-refractivity contribution in [1.82, 2.24) is 4.90 Å². The molecule has 16 heavy (non-hydrogen) atoms. The standard InChI is InChI=1S/C9H10F3NO3/c10-9(11,12)8(16)13-2-4-1-5(7(14)15)6(4)3-13/h4-6H,1-3H2,(H,14,15)/t4-,5-,6+/m0/s1. The molecule has 90 valence electrons. The van der Waals surface area contributed by atoms with Crippen LogP contribution in [0, 0.1) is 17.8 Å². The predicted octanol–water partition coefficient (Wildman–Crippen LogP) is 0.728. The van der Waals surface area contributed by atoms with Crippen LogP contribution in [0.3, 0.4) is 0 Å². The number of carbonyl (C=O) groups excluding carboxylic acids is 1. The Morgan fingerprint density at radius 1 is 1.25 bits per heavy atom. The van der Waals surface area contributed by atoms with E-state index in [-0.39, 0.29) is 24.9 Å². The Labute approximate surface area is 89.0 Å². The van der Waals surface area contributed by atoms with Crippen molar-refractivity contribution in [2.75, 3.05) is 13.1 Å². The third-order valence-corrected chi connectivity index (χ3v) is 3.41. The summed E-state index contributed by atoms with van der Waals surface area (Å²) >= 11 is 0. The van der Waals surface area contributed by atoms with Gasteiger partial charge in [-0.2, -0.15) is 13.2 Å². The molecule has 2 rings (SSSR count). The van der Waals surface area contributed by atoms with E-state index in [1.807, 2.05) is 0 Å². The van der Waals surface area contributed by atoms with Gasteiger partial charge in [0.15, 0.2) is 0 Å². The predicted molar refractivity (Wildman–Crippen MR) is 45.4 cm³/mol. The molecule has 0 radical (unpaired) electrons. The Bertz CT molecular complexity index is 341. The molecule has 0 spiro atoms. The smallest absolute Gasteiger partial charge is 0.471 e. The molecule has 0 unspecified atom stereocenters. The van der Waals surface area contributed by atoms with E-state index in [1.54, 1.807) is 0 Å².